The summed E-state index contributed by atoms with van der Waals surface area (Å²) in [6, 6.07) is 9.26. The van der Waals surface area contributed by atoms with E-state index in [1.165, 1.54) is 0 Å². The molecule has 82 valence electrons. The molecule has 1 aromatic heterocycles. The van der Waals surface area contributed by atoms with Gasteiger partial charge < -0.3 is 5.11 Å². The highest BCUT2D eigenvalue weighted by Crippen LogP contribution is 2.22. The minimum absolute atomic E-state index is 0.0362. The molecule has 0 aliphatic rings. The Morgan fingerprint density at radius 2 is 1.88 bits per heavy atom. The molecule has 0 fully saturated rings. The summed E-state index contributed by atoms with van der Waals surface area (Å²) in [4.78, 5) is 8.05. The molecule has 0 atom stereocenters. The van der Waals surface area contributed by atoms with Crippen molar-refractivity contribution in [1.82, 2.24) is 9.97 Å². The second-order valence-electron chi connectivity index (χ2n) is 3.20. The van der Waals surface area contributed by atoms with Crippen molar-refractivity contribution in [1.29, 1.82) is 0 Å². The Balaban J connectivity index is 2.42. The average Bonchev–Trinajstić information content (AvgIpc) is 2.28. The van der Waals surface area contributed by atoms with Gasteiger partial charge in [0.1, 0.15) is 4.60 Å². The number of rotatable bonds is 2. The standard InChI is InChI=1S/C11H8BrClN2O/c12-10-5-9(14-11(13)15-10)8-3-1-7(6-16)2-4-8/h1-5,16H,6H2. The van der Waals surface area contributed by atoms with E-state index in [-0.39, 0.29) is 11.9 Å². The number of aliphatic hydroxyl groups is 1. The van der Waals surface area contributed by atoms with E-state index in [2.05, 4.69) is 25.9 Å². The summed E-state index contributed by atoms with van der Waals surface area (Å²) in [5.41, 5.74) is 2.54. The highest BCUT2D eigenvalue weighted by Gasteiger charge is 2.03. The molecule has 3 nitrogen and oxygen atoms in total. The second kappa shape index (κ2) is 4.91. The first kappa shape index (κ1) is 11.5. The fourth-order valence-corrected chi connectivity index (χ4v) is 1.99. The SMILES string of the molecule is OCc1ccc(-c2cc(Br)nc(Cl)n2)cc1. The van der Waals surface area contributed by atoms with Gasteiger partial charge in [-0.15, -0.1) is 0 Å². The first-order valence-electron chi connectivity index (χ1n) is 4.59. The van der Waals surface area contributed by atoms with E-state index in [1.54, 1.807) is 6.07 Å². The van der Waals surface area contributed by atoms with Crippen molar-refractivity contribution in [3.05, 3.63) is 45.8 Å². The van der Waals surface area contributed by atoms with E-state index < -0.39 is 0 Å². The smallest absolute Gasteiger partial charge is 0.223 e. The molecule has 0 saturated heterocycles. The van der Waals surface area contributed by atoms with E-state index in [1.807, 2.05) is 24.3 Å². The van der Waals surface area contributed by atoms with Crippen LogP contribution in [0.3, 0.4) is 0 Å². The molecular formula is C11H8BrClN2O. The molecule has 0 aliphatic carbocycles. The Morgan fingerprint density at radius 3 is 2.44 bits per heavy atom. The molecule has 0 saturated carbocycles. The summed E-state index contributed by atoms with van der Waals surface area (Å²) in [5.74, 6) is 0. The van der Waals surface area contributed by atoms with Crippen LogP contribution in [0.1, 0.15) is 5.56 Å². The van der Waals surface area contributed by atoms with Crippen LogP contribution < -0.4 is 0 Å². The normalized spacial score (nSPS) is 10.4. The molecule has 2 aromatic rings. The predicted octanol–water partition coefficient (Wildman–Crippen LogP) is 3.05. The van der Waals surface area contributed by atoms with Gasteiger partial charge in [0.05, 0.1) is 12.3 Å². The molecule has 0 amide bonds. The molecule has 16 heavy (non-hydrogen) atoms. The van der Waals surface area contributed by atoms with Gasteiger partial charge in [0.15, 0.2) is 0 Å². The van der Waals surface area contributed by atoms with Crippen LogP contribution in [-0.2, 0) is 6.61 Å². The van der Waals surface area contributed by atoms with Crippen LogP contribution in [0, 0.1) is 0 Å². The number of nitrogens with zero attached hydrogens (tertiary/aromatic N) is 2. The zero-order valence-corrected chi connectivity index (χ0v) is 10.5. The van der Waals surface area contributed by atoms with Crippen molar-refractivity contribution in [3.8, 4) is 11.3 Å². The maximum absolute atomic E-state index is 8.93. The Bertz CT molecular complexity index is 482. The van der Waals surface area contributed by atoms with Crippen molar-refractivity contribution < 1.29 is 5.11 Å². The summed E-state index contributed by atoms with van der Waals surface area (Å²) >= 11 is 9.03. The van der Waals surface area contributed by atoms with Gasteiger partial charge in [-0.05, 0) is 39.2 Å². The molecule has 0 bridgehead atoms. The summed E-state index contributed by atoms with van der Waals surface area (Å²) in [7, 11) is 0. The van der Waals surface area contributed by atoms with Crippen LogP contribution in [0.15, 0.2) is 34.9 Å². The first-order chi connectivity index (χ1) is 7.69. The van der Waals surface area contributed by atoms with E-state index in [9.17, 15) is 0 Å². The van der Waals surface area contributed by atoms with Crippen molar-refractivity contribution in [3.63, 3.8) is 0 Å². The summed E-state index contributed by atoms with van der Waals surface area (Å²) in [6.07, 6.45) is 0. The fourth-order valence-electron chi connectivity index (χ4n) is 1.32. The van der Waals surface area contributed by atoms with Gasteiger partial charge in [0.2, 0.25) is 5.28 Å². The lowest BCUT2D eigenvalue weighted by molar-refractivity contribution is 0.282. The molecule has 0 unspecified atom stereocenters. The van der Waals surface area contributed by atoms with Crippen LogP contribution in [-0.4, -0.2) is 15.1 Å². The minimum Gasteiger partial charge on any atom is -0.392 e. The van der Waals surface area contributed by atoms with Crippen molar-refractivity contribution >= 4 is 27.5 Å². The molecular weight excluding hydrogens is 291 g/mol. The average molecular weight is 300 g/mol. The molecule has 1 heterocycles. The van der Waals surface area contributed by atoms with Gasteiger partial charge in [-0.3, -0.25) is 0 Å². The van der Waals surface area contributed by atoms with Crippen LogP contribution in [0.2, 0.25) is 5.28 Å². The van der Waals surface area contributed by atoms with Crippen LogP contribution >= 0.6 is 27.5 Å². The van der Waals surface area contributed by atoms with Gasteiger partial charge in [-0.25, -0.2) is 9.97 Å². The van der Waals surface area contributed by atoms with Gasteiger partial charge in [-0.2, -0.15) is 0 Å². The minimum atomic E-state index is 0.0362. The number of hydrogen-bond acceptors (Lipinski definition) is 3. The van der Waals surface area contributed by atoms with Gasteiger partial charge in [0, 0.05) is 5.56 Å². The Kier molecular flexibility index (Phi) is 3.53. The topological polar surface area (TPSA) is 46.0 Å². The number of hydrogen-bond donors (Lipinski definition) is 1. The number of benzene rings is 1. The van der Waals surface area contributed by atoms with Gasteiger partial charge in [-0.1, -0.05) is 24.3 Å². The molecule has 1 aromatic carbocycles. The lowest BCUT2D eigenvalue weighted by Crippen LogP contribution is -1.89. The van der Waals surface area contributed by atoms with E-state index in [0.717, 1.165) is 16.8 Å². The maximum Gasteiger partial charge on any atom is 0.223 e. The van der Waals surface area contributed by atoms with Gasteiger partial charge >= 0.3 is 0 Å². The Labute approximate surface area is 106 Å². The summed E-state index contributed by atoms with van der Waals surface area (Å²) < 4.78 is 0.647. The molecule has 0 radical (unpaired) electrons. The summed E-state index contributed by atoms with van der Waals surface area (Å²) in [6.45, 7) is 0.0362. The number of aromatic nitrogens is 2. The molecule has 1 N–H and O–H groups in total. The molecule has 0 spiro atoms. The fraction of sp³-hybridized carbons (Fsp3) is 0.0909. The maximum atomic E-state index is 8.93. The molecule has 5 heteroatoms. The number of halogens is 2. The highest BCUT2D eigenvalue weighted by atomic mass is 79.9. The predicted molar refractivity (Wildman–Crippen MR) is 66.1 cm³/mol. The third kappa shape index (κ3) is 2.58. The van der Waals surface area contributed by atoms with Crippen molar-refractivity contribution in [2.45, 2.75) is 6.61 Å². The van der Waals surface area contributed by atoms with Gasteiger partial charge in [0.25, 0.3) is 0 Å². The number of aliphatic hydroxyl groups excluding tert-OH is 1. The van der Waals surface area contributed by atoms with Crippen LogP contribution in [0.5, 0.6) is 0 Å². The lowest BCUT2D eigenvalue weighted by Gasteiger charge is -2.03. The van der Waals surface area contributed by atoms with Crippen LogP contribution in [0.25, 0.3) is 11.3 Å². The van der Waals surface area contributed by atoms with Crippen LogP contribution in [0.4, 0.5) is 0 Å². The zero-order chi connectivity index (χ0) is 11.5. The lowest BCUT2D eigenvalue weighted by atomic mass is 10.1. The first-order valence-corrected chi connectivity index (χ1v) is 5.76. The highest BCUT2D eigenvalue weighted by molar-refractivity contribution is 9.10. The third-order valence-electron chi connectivity index (χ3n) is 2.10. The Hall–Kier alpha value is -0.970. The zero-order valence-electron chi connectivity index (χ0n) is 8.19. The largest absolute Gasteiger partial charge is 0.392 e. The monoisotopic (exact) mass is 298 g/mol. The third-order valence-corrected chi connectivity index (χ3v) is 2.68. The van der Waals surface area contributed by atoms with Crippen molar-refractivity contribution in [2.75, 3.05) is 0 Å². The van der Waals surface area contributed by atoms with Crippen molar-refractivity contribution in [2.24, 2.45) is 0 Å². The van der Waals surface area contributed by atoms with E-state index in [0.29, 0.717) is 4.60 Å². The van der Waals surface area contributed by atoms with E-state index in [4.69, 9.17) is 16.7 Å². The molecule has 2 rings (SSSR count). The molecule has 0 aliphatic heterocycles. The second-order valence-corrected chi connectivity index (χ2v) is 4.35. The quantitative estimate of drug-likeness (QED) is 0.685. The summed E-state index contributed by atoms with van der Waals surface area (Å²) in [5, 5.41) is 9.14. The van der Waals surface area contributed by atoms with E-state index >= 15 is 0 Å². The Morgan fingerprint density at radius 1 is 1.19 bits per heavy atom.